The van der Waals surface area contributed by atoms with E-state index in [1.165, 1.54) is 4.68 Å². The number of hydrogen-bond donors (Lipinski definition) is 1. The summed E-state index contributed by atoms with van der Waals surface area (Å²) >= 11 is 0. The van der Waals surface area contributed by atoms with Crippen LogP contribution in [0.1, 0.15) is 12.1 Å². The van der Waals surface area contributed by atoms with Crippen molar-refractivity contribution in [3.8, 4) is 0 Å². The van der Waals surface area contributed by atoms with E-state index in [1.807, 2.05) is 14.0 Å². The van der Waals surface area contributed by atoms with E-state index in [0.29, 0.717) is 12.5 Å². The molecule has 2 unspecified atom stereocenters. The smallest absolute Gasteiger partial charge is 0.266 e. The molecule has 0 radical (unpaired) electrons. The van der Waals surface area contributed by atoms with E-state index < -0.39 is 0 Å². The molecule has 5 nitrogen and oxygen atoms in total. The topological polar surface area (TPSA) is 56.2 Å². The van der Waals surface area contributed by atoms with Gasteiger partial charge in [0.2, 0.25) is 0 Å². The van der Waals surface area contributed by atoms with Crippen molar-refractivity contribution in [3.63, 3.8) is 0 Å². The van der Waals surface area contributed by atoms with E-state index in [0.717, 1.165) is 25.3 Å². The molecular formula is C12H19N3O2. The summed E-state index contributed by atoms with van der Waals surface area (Å²) in [5, 5.41) is 7.51. The third kappa shape index (κ3) is 2.92. The zero-order chi connectivity index (χ0) is 12.3. The summed E-state index contributed by atoms with van der Waals surface area (Å²) < 4.78 is 6.92. The molecule has 2 heterocycles. The van der Waals surface area contributed by atoms with Gasteiger partial charge < -0.3 is 10.1 Å². The molecule has 0 amide bonds. The summed E-state index contributed by atoms with van der Waals surface area (Å²) in [7, 11) is 1.92. The molecule has 1 aromatic rings. The second-order valence-electron chi connectivity index (χ2n) is 4.51. The molecular weight excluding hydrogens is 218 g/mol. The van der Waals surface area contributed by atoms with Crippen LogP contribution in [0.15, 0.2) is 16.9 Å². The van der Waals surface area contributed by atoms with Crippen molar-refractivity contribution in [2.75, 3.05) is 20.3 Å². The lowest BCUT2D eigenvalue weighted by molar-refractivity contribution is 0.174. The Morgan fingerprint density at radius 1 is 1.65 bits per heavy atom. The molecule has 0 aliphatic carbocycles. The first-order chi connectivity index (χ1) is 8.20. The van der Waals surface area contributed by atoms with Gasteiger partial charge in [0, 0.05) is 24.6 Å². The Kier molecular flexibility index (Phi) is 3.91. The molecule has 2 rings (SSSR count). The number of ether oxygens (including phenoxy) is 1. The van der Waals surface area contributed by atoms with Crippen LogP contribution in [0.25, 0.3) is 0 Å². The maximum Gasteiger partial charge on any atom is 0.266 e. The monoisotopic (exact) mass is 237 g/mol. The van der Waals surface area contributed by atoms with Crippen molar-refractivity contribution in [3.05, 3.63) is 28.2 Å². The molecule has 5 heteroatoms. The molecule has 0 aromatic carbocycles. The van der Waals surface area contributed by atoms with Gasteiger partial charge in [0.1, 0.15) is 0 Å². The van der Waals surface area contributed by atoms with Crippen LogP contribution in [0.4, 0.5) is 0 Å². The van der Waals surface area contributed by atoms with Crippen molar-refractivity contribution in [2.45, 2.75) is 25.9 Å². The minimum Gasteiger partial charge on any atom is -0.381 e. The predicted molar refractivity (Wildman–Crippen MR) is 65.0 cm³/mol. The van der Waals surface area contributed by atoms with Crippen LogP contribution >= 0.6 is 0 Å². The Balaban J connectivity index is 2.11. The number of likely N-dealkylation sites (N-methyl/N-ethyl adjacent to an activating group) is 1. The van der Waals surface area contributed by atoms with E-state index in [9.17, 15) is 4.79 Å². The SMILES string of the molecule is CNC(Cn1nc(C)ccc1=O)C1CCOC1. The number of rotatable bonds is 4. The zero-order valence-electron chi connectivity index (χ0n) is 10.3. The van der Waals surface area contributed by atoms with Crippen LogP contribution in [0, 0.1) is 12.8 Å². The molecule has 1 fully saturated rings. The Hall–Kier alpha value is -1.20. The highest BCUT2D eigenvalue weighted by Gasteiger charge is 2.25. The summed E-state index contributed by atoms with van der Waals surface area (Å²) in [6.07, 6.45) is 1.05. The first kappa shape index (κ1) is 12.3. The normalized spacial score (nSPS) is 21.6. The van der Waals surface area contributed by atoms with Gasteiger partial charge in [-0.3, -0.25) is 4.79 Å². The van der Waals surface area contributed by atoms with Crippen molar-refractivity contribution in [1.29, 1.82) is 0 Å². The molecule has 1 aliphatic heterocycles. The fourth-order valence-electron chi connectivity index (χ4n) is 2.21. The van der Waals surface area contributed by atoms with E-state index in [4.69, 9.17) is 4.74 Å². The second kappa shape index (κ2) is 5.42. The molecule has 94 valence electrons. The first-order valence-corrected chi connectivity index (χ1v) is 6.00. The molecule has 17 heavy (non-hydrogen) atoms. The highest BCUT2D eigenvalue weighted by atomic mass is 16.5. The summed E-state index contributed by atoms with van der Waals surface area (Å²) in [4.78, 5) is 11.7. The van der Waals surface area contributed by atoms with Crippen molar-refractivity contribution in [2.24, 2.45) is 5.92 Å². The lowest BCUT2D eigenvalue weighted by Crippen LogP contribution is -2.41. The van der Waals surface area contributed by atoms with Crippen LogP contribution in [-0.4, -0.2) is 36.1 Å². The van der Waals surface area contributed by atoms with Gasteiger partial charge in [-0.15, -0.1) is 0 Å². The maximum absolute atomic E-state index is 11.7. The highest BCUT2D eigenvalue weighted by molar-refractivity contribution is 4.97. The van der Waals surface area contributed by atoms with Gasteiger partial charge in [-0.2, -0.15) is 5.10 Å². The van der Waals surface area contributed by atoms with Crippen molar-refractivity contribution < 1.29 is 4.74 Å². The minimum atomic E-state index is -0.0465. The van der Waals surface area contributed by atoms with Crippen molar-refractivity contribution >= 4 is 0 Å². The summed E-state index contributed by atoms with van der Waals surface area (Å²) in [6, 6.07) is 3.55. The van der Waals surface area contributed by atoms with Gasteiger partial charge in [-0.25, -0.2) is 4.68 Å². The lowest BCUT2D eigenvalue weighted by Gasteiger charge is -2.22. The minimum absolute atomic E-state index is 0.0465. The molecule has 1 aromatic heterocycles. The van der Waals surface area contributed by atoms with Gasteiger partial charge in [0.25, 0.3) is 5.56 Å². The molecule has 1 aliphatic rings. The predicted octanol–water partition coefficient (Wildman–Crippen LogP) is 0.176. The summed E-state index contributed by atoms with van der Waals surface area (Å²) in [6.45, 7) is 4.08. The van der Waals surface area contributed by atoms with E-state index in [-0.39, 0.29) is 11.6 Å². The Morgan fingerprint density at radius 2 is 2.47 bits per heavy atom. The second-order valence-corrected chi connectivity index (χ2v) is 4.51. The third-order valence-corrected chi connectivity index (χ3v) is 3.27. The molecule has 0 saturated carbocycles. The molecule has 1 N–H and O–H groups in total. The molecule has 0 bridgehead atoms. The van der Waals surface area contributed by atoms with Crippen LogP contribution in [0.2, 0.25) is 0 Å². The zero-order valence-corrected chi connectivity index (χ0v) is 10.3. The Morgan fingerprint density at radius 3 is 3.12 bits per heavy atom. The average Bonchev–Trinajstić information content (AvgIpc) is 2.84. The van der Waals surface area contributed by atoms with Gasteiger partial charge in [0.05, 0.1) is 18.8 Å². The number of aromatic nitrogens is 2. The summed E-state index contributed by atoms with van der Waals surface area (Å²) in [5.41, 5.74) is 0.817. The van der Waals surface area contributed by atoms with Crippen LogP contribution in [-0.2, 0) is 11.3 Å². The van der Waals surface area contributed by atoms with Gasteiger partial charge in [-0.05, 0) is 26.5 Å². The molecule has 1 saturated heterocycles. The fraction of sp³-hybridized carbons (Fsp3) is 0.667. The lowest BCUT2D eigenvalue weighted by atomic mass is 9.99. The summed E-state index contributed by atoms with van der Waals surface area (Å²) in [5.74, 6) is 0.467. The van der Waals surface area contributed by atoms with Crippen LogP contribution in [0.3, 0.4) is 0 Å². The number of nitrogens with one attached hydrogen (secondary N) is 1. The third-order valence-electron chi connectivity index (χ3n) is 3.27. The van der Waals surface area contributed by atoms with E-state index >= 15 is 0 Å². The number of aryl methyl sites for hydroxylation is 1. The first-order valence-electron chi connectivity index (χ1n) is 6.00. The number of nitrogens with zero attached hydrogens (tertiary/aromatic N) is 2. The van der Waals surface area contributed by atoms with E-state index in [1.54, 1.807) is 12.1 Å². The number of hydrogen-bond acceptors (Lipinski definition) is 4. The van der Waals surface area contributed by atoms with E-state index in [2.05, 4.69) is 10.4 Å². The van der Waals surface area contributed by atoms with Gasteiger partial charge in [-0.1, -0.05) is 0 Å². The van der Waals surface area contributed by atoms with Gasteiger partial charge in [0.15, 0.2) is 0 Å². The molecule has 2 atom stereocenters. The largest absolute Gasteiger partial charge is 0.381 e. The maximum atomic E-state index is 11.7. The standard InChI is InChI=1S/C12H19N3O2/c1-9-3-4-12(16)15(14-9)7-11(13-2)10-5-6-17-8-10/h3-4,10-11,13H,5-8H2,1-2H3. The fourth-order valence-corrected chi connectivity index (χ4v) is 2.21. The highest BCUT2D eigenvalue weighted by Crippen LogP contribution is 2.17. The Bertz CT molecular complexity index is 424. The van der Waals surface area contributed by atoms with Crippen LogP contribution in [0.5, 0.6) is 0 Å². The van der Waals surface area contributed by atoms with Crippen LogP contribution < -0.4 is 10.9 Å². The Labute approximate surface area is 101 Å². The van der Waals surface area contributed by atoms with Gasteiger partial charge >= 0.3 is 0 Å². The molecule has 0 spiro atoms. The van der Waals surface area contributed by atoms with Crippen molar-refractivity contribution in [1.82, 2.24) is 15.1 Å². The average molecular weight is 237 g/mol. The quantitative estimate of drug-likeness (QED) is 0.811.